The first-order valence-corrected chi connectivity index (χ1v) is 6.40. The third-order valence-electron chi connectivity index (χ3n) is 3.27. The number of rotatable bonds is 1. The second-order valence-corrected chi connectivity index (χ2v) is 5.49. The molecule has 19 heavy (non-hydrogen) atoms. The fourth-order valence-electron chi connectivity index (χ4n) is 2.27. The van der Waals surface area contributed by atoms with Crippen LogP contribution in [0, 0.1) is 0 Å². The van der Waals surface area contributed by atoms with Gasteiger partial charge >= 0.3 is 6.18 Å². The highest BCUT2D eigenvalue weighted by Gasteiger charge is 2.36. The molecule has 0 amide bonds. The lowest BCUT2D eigenvalue weighted by molar-refractivity contribution is -0.136. The van der Waals surface area contributed by atoms with Gasteiger partial charge in [0.25, 0.3) is 0 Å². The minimum atomic E-state index is -4.45. The van der Waals surface area contributed by atoms with Crippen LogP contribution in [-0.2, 0) is 11.0 Å². The van der Waals surface area contributed by atoms with Crippen molar-refractivity contribution in [3.63, 3.8) is 0 Å². The third kappa shape index (κ3) is 2.05. The number of alkyl halides is 3. The second-order valence-electron chi connectivity index (χ2n) is 4.57. The Morgan fingerprint density at radius 3 is 2.58 bits per heavy atom. The SMILES string of the molecule is O=C1CC(n2cnc3c(C(F)(F)F)cc(Br)cc32)C1. The molecule has 0 saturated heterocycles. The van der Waals surface area contributed by atoms with Crippen molar-refractivity contribution in [2.24, 2.45) is 0 Å². The number of fused-ring (bicyclic) bond motifs is 1. The van der Waals surface area contributed by atoms with Crippen LogP contribution in [0.3, 0.4) is 0 Å². The molecule has 0 atom stereocenters. The molecule has 0 N–H and O–H groups in total. The van der Waals surface area contributed by atoms with Gasteiger partial charge in [-0.15, -0.1) is 0 Å². The van der Waals surface area contributed by atoms with E-state index in [0.29, 0.717) is 22.8 Å². The lowest BCUT2D eigenvalue weighted by Crippen LogP contribution is -2.26. The van der Waals surface area contributed by atoms with E-state index in [1.54, 1.807) is 10.6 Å². The van der Waals surface area contributed by atoms with Crippen LogP contribution in [-0.4, -0.2) is 15.3 Å². The maximum Gasteiger partial charge on any atom is 0.418 e. The van der Waals surface area contributed by atoms with E-state index >= 15 is 0 Å². The lowest BCUT2D eigenvalue weighted by Gasteiger charge is -2.26. The summed E-state index contributed by atoms with van der Waals surface area (Å²) in [7, 11) is 0. The molecule has 0 spiro atoms. The minimum Gasteiger partial charge on any atom is -0.327 e. The molecule has 1 aromatic carbocycles. The molecule has 0 bridgehead atoms. The summed E-state index contributed by atoms with van der Waals surface area (Å²) in [5.41, 5.74) is -0.435. The van der Waals surface area contributed by atoms with Crippen molar-refractivity contribution >= 4 is 32.7 Å². The molecule has 1 heterocycles. The molecule has 1 fully saturated rings. The van der Waals surface area contributed by atoms with E-state index in [0.717, 1.165) is 6.07 Å². The Hall–Kier alpha value is -1.37. The number of halogens is 4. The normalized spacial score (nSPS) is 16.9. The number of hydrogen-bond acceptors (Lipinski definition) is 2. The van der Waals surface area contributed by atoms with E-state index < -0.39 is 11.7 Å². The number of nitrogens with zero attached hydrogens (tertiary/aromatic N) is 2. The number of aromatic nitrogens is 2. The Bertz CT molecular complexity index is 669. The van der Waals surface area contributed by atoms with Crippen molar-refractivity contribution < 1.29 is 18.0 Å². The van der Waals surface area contributed by atoms with Gasteiger partial charge in [-0.1, -0.05) is 15.9 Å². The molecule has 3 nitrogen and oxygen atoms in total. The maximum atomic E-state index is 12.9. The molecule has 1 aliphatic rings. The highest BCUT2D eigenvalue weighted by molar-refractivity contribution is 9.10. The van der Waals surface area contributed by atoms with Gasteiger partial charge in [0.2, 0.25) is 0 Å². The van der Waals surface area contributed by atoms with E-state index in [9.17, 15) is 18.0 Å². The smallest absolute Gasteiger partial charge is 0.327 e. The summed E-state index contributed by atoms with van der Waals surface area (Å²) in [5, 5.41) is 0. The number of benzene rings is 1. The summed E-state index contributed by atoms with van der Waals surface area (Å²) in [6.45, 7) is 0. The number of imidazole rings is 1. The van der Waals surface area contributed by atoms with Crippen LogP contribution < -0.4 is 0 Å². The van der Waals surface area contributed by atoms with Gasteiger partial charge in [0.15, 0.2) is 0 Å². The molecule has 1 aliphatic carbocycles. The molecule has 0 radical (unpaired) electrons. The summed E-state index contributed by atoms with van der Waals surface area (Å²) in [4.78, 5) is 14.9. The van der Waals surface area contributed by atoms with Crippen molar-refractivity contribution in [2.45, 2.75) is 25.1 Å². The van der Waals surface area contributed by atoms with Crippen LogP contribution in [0.15, 0.2) is 22.9 Å². The average Bonchev–Trinajstić information content (AvgIpc) is 2.65. The Labute approximate surface area is 114 Å². The molecular weight excluding hydrogens is 325 g/mol. The van der Waals surface area contributed by atoms with Crippen LogP contribution in [0.2, 0.25) is 0 Å². The fraction of sp³-hybridized carbons (Fsp3) is 0.333. The van der Waals surface area contributed by atoms with E-state index in [2.05, 4.69) is 20.9 Å². The number of hydrogen-bond donors (Lipinski definition) is 0. The van der Waals surface area contributed by atoms with Crippen molar-refractivity contribution in [2.75, 3.05) is 0 Å². The van der Waals surface area contributed by atoms with Crippen molar-refractivity contribution in [1.29, 1.82) is 0 Å². The second kappa shape index (κ2) is 4.06. The number of carbonyl (C=O) groups is 1. The quantitative estimate of drug-likeness (QED) is 0.797. The standard InChI is InChI=1S/C12H8BrF3N2O/c13-6-1-9(12(14,15)16)11-10(2-6)18(5-17-11)7-3-8(19)4-7/h1-2,5,7H,3-4H2. The molecule has 0 unspecified atom stereocenters. The van der Waals surface area contributed by atoms with Crippen LogP contribution in [0.25, 0.3) is 11.0 Å². The van der Waals surface area contributed by atoms with E-state index in [4.69, 9.17) is 0 Å². The predicted molar refractivity (Wildman–Crippen MR) is 65.7 cm³/mol. The summed E-state index contributed by atoms with van der Waals surface area (Å²) in [6, 6.07) is 2.54. The summed E-state index contributed by atoms with van der Waals surface area (Å²) in [6.07, 6.45) is -2.35. The van der Waals surface area contributed by atoms with Gasteiger partial charge in [-0.3, -0.25) is 4.79 Å². The molecule has 100 valence electrons. The number of ketones is 1. The molecule has 0 aliphatic heterocycles. The van der Waals surface area contributed by atoms with Gasteiger partial charge in [0.1, 0.15) is 11.3 Å². The minimum absolute atomic E-state index is 0.0740. The van der Waals surface area contributed by atoms with Gasteiger partial charge in [0, 0.05) is 23.4 Å². The lowest BCUT2D eigenvalue weighted by atomic mass is 9.91. The van der Waals surface area contributed by atoms with Crippen LogP contribution >= 0.6 is 15.9 Å². The van der Waals surface area contributed by atoms with Gasteiger partial charge in [-0.25, -0.2) is 4.98 Å². The molecule has 3 rings (SSSR count). The van der Waals surface area contributed by atoms with Crippen LogP contribution in [0.5, 0.6) is 0 Å². The molecule has 2 aromatic rings. The maximum absolute atomic E-state index is 12.9. The number of Topliss-reactive ketones (excluding diaryl/α,β-unsaturated/α-hetero) is 1. The molecular formula is C12H8BrF3N2O. The van der Waals surface area contributed by atoms with Gasteiger partial charge < -0.3 is 4.57 Å². The van der Waals surface area contributed by atoms with E-state index in [-0.39, 0.29) is 17.3 Å². The first kappa shape index (κ1) is 12.7. The molecule has 1 aromatic heterocycles. The average molecular weight is 333 g/mol. The van der Waals surface area contributed by atoms with Crippen molar-refractivity contribution in [1.82, 2.24) is 9.55 Å². The van der Waals surface area contributed by atoms with Crippen molar-refractivity contribution in [3.8, 4) is 0 Å². The van der Waals surface area contributed by atoms with Gasteiger partial charge in [-0.2, -0.15) is 13.2 Å². The predicted octanol–water partition coefficient (Wildman–Crippen LogP) is 3.72. The zero-order valence-corrected chi connectivity index (χ0v) is 11.1. The number of carbonyl (C=O) groups excluding carboxylic acids is 1. The summed E-state index contributed by atoms with van der Waals surface area (Å²) < 4.78 is 40.8. The van der Waals surface area contributed by atoms with E-state index in [1.165, 1.54) is 6.33 Å². The first-order valence-electron chi connectivity index (χ1n) is 5.61. The molecule has 1 saturated carbocycles. The molecule has 7 heteroatoms. The fourth-order valence-corrected chi connectivity index (χ4v) is 2.71. The van der Waals surface area contributed by atoms with Crippen LogP contribution in [0.1, 0.15) is 24.4 Å². The Balaban J connectivity index is 2.18. The Kier molecular flexibility index (Phi) is 2.70. The monoisotopic (exact) mass is 332 g/mol. The summed E-state index contributed by atoms with van der Waals surface area (Å²) >= 11 is 3.09. The van der Waals surface area contributed by atoms with Gasteiger partial charge in [-0.05, 0) is 12.1 Å². The third-order valence-corrected chi connectivity index (χ3v) is 3.73. The van der Waals surface area contributed by atoms with Gasteiger partial charge in [0.05, 0.1) is 17.4 Å². The Morgan fingerprint density at radius 2 is 2.00 bits per heavy atom. The highest BCUT2D eigenvalue weighted by atomic mass is 79.9. The van der Waals surface area contributed by atoms with Crippen LogP contribution in [0.4, 0.5) is 13.2 Å². The zero-order chi connectivity index (χ0) is 13.8. The van der Waals surface area contributed by atoms with Crippen molar-refractivity contribution in [3.05, 3.63) is 28.5 Å². The Morgan fingerprint density at radius 1 is 1.32 bits per heavy atom. The largest absolute Gasteiger partial charge is 0.418 e. The first-order chi connectivity index (χ1) is 8.86. The highest BCUT2D eigenvalue weighted by Crippen LogP contribution is 2.38. The topological polar surface area (TPSA) is 34.9 Å². The summed E-state index contributed by atoms with van der Waals surface area (Å²) in [5.74, 6) is 0.123. The van der Waals surface area contributed by atoms with E-state index in [1.807, 2.05) is 0 Å². The zero-order valence-electron chi connectivity index (χ0n) is 9.54.